The minimum atomic E-state index is -3.76. The predicted molar refractivity (Wildman–Crippen MR) is 125 cm³/mol. The molecule has 0 radical (unpaired) electrons. The third-order valence-electron chi connectivity index (χ3n) is 6.08. The zero-order valence-electron chi connectivity index (χ0n) is 18.2. The number of benzene rings is 2. The van der Waals surface area contributed by atoms with E-state index < -0.39 is 10.0 Å². The molecule has 0 bridgehead atoms. The summed E-state index contributed by atoms with van der Waals surface area (Å²) in [7, 11) is -3.76. The van der Waals surface area contributed by atoms with Gasteiger partial charge < -0.3 is 14.5 Å². The number of sulfonamides is 1. The van der Waals surface area contributed by atoms with Crippen molar-refractivity contribution in [2.24, 2.45) is 0 Å². The minimum Gasteiger partial charge on any atom is -0.482 e. The molecule has 0 atom stereocenters. The van der Waals surface area contributed by atoms with E-state index in [1.54, 1.807) is 4.90 Å². The van der Waals surface area contributed by atoms with E-state index in [9.17, 15) is 13.2 Å². The molecule has 0 N–H and O–H groups in total. The molecule has 1 fully saturated rings. The first-order valence-electron chi connectivity index (χ1n) is 10.9. The molecule has 2 heterocycles. The second-order valence-corrected chi connectivity index (χ2v) is 10.3. The topological polar surface area (TPSA) is 70.2 Å². The number of carbonyl (C=O) groups is 1. The van der Waals surface area contributed by atoms with Gasteiger partial charge >= 0.3 is 0 Å². The van der Waals surface area contributed by atoms with Gasteiger partial charge in [-0.15, -0.1) is 0 Å². The molecule has 4 rings (SSSR count). The van der Waals surface area contributed by atoms with Crippen LogP contribution in [-0.4, -0.2) is 70.0 Å². The maximum absolute atomic E-state index is 13.3. The second-order valence-electron chi connectivity index (χ2n) is 8.01. The van der Waals surface area contributed by atoms with Crippen molar-refractivity contribution < 1.29 is 17.9 Å². The summed E-state index contributed by atoms with van der Waals surface area (Å²) < 4.78 is 33.7. The number of rotatable bonds is 6. The van der Waals surface area contributed by atoms with Crippen molar-refractivity contribution in [1.82, 2.24) is 9.80 Å². The van der Waals surface area contributed by atoms with Crippen molar-refractivity contribution in [3.63, 3.8) is 0 Å². The first kappa shape index (κ1) is 22.9. The van der Waals surface area contributed by atoms with Crippen LogP contribution < -0.4 is 9.04 Å². The first-order chi connectivity index (χ1) is 15.4. The highest BCUT2D eigenvalue weighted by atomic mass is 35.5. The van der Waals surface area contributed by atoms with E-state index >= 15 is 0 Å². The highest BCUT2D eigenvalue weighted by Gasteiger charge is 2.29. The molecule has 7 nitrogen and oxygen atoms in total. The van der Waals surface area contributed by atoms with E-state index in [-0.39, 0.29) is 22.4 Å². The third kappa shape index (κ3) is 4.72. The summed E-state index contributed by atoms with van der Waals surface area (Å²) in [5.41, 5.74) is 1.73. The van der Waals surface area contributed by atoms with E-state index in [1.807, 2.05) is 24.3 Å². The lowest BCUT2D eigenvalue weighted by Gasteiger charge is -2.34. The smallest absolute Gasteiger partial charge is 0.264 e. The van der Waals surface area contributed by atoms with Gasteiger partial charge in [0.1, 0.15) is 5.75 Å². The van der Waals surface area contributed by atoms with E-state index in [2.05, 4.69) is 11.8 Å². The van der Waals surface area contributed by atoms with E-state index in [4.69, 9.17) is 16.3 Å². The van der Waals surface area contributed by atoms with Crippen LogP contribution >= 0.6 is 11.6 Å². The lowest BCUT2D eigenvalue weighted by atomic mass is 10.0. The molecule has 0 unspecified atom stereocenters. The summed E-state index contributed by atoms with van der Waals surface area (Å²) in [6.07, 6.45) is 1.62. The fourth-order valence-electron chi connectivity index (χ4n) is 4.18. The van der Waals surface area contributed by atoms with Crippen LogP contribution in [0.25, 0.3) is 0 Å². The Morgan fingerprint density at radius 3 is 2.53 bits per heavy atom. The zero-order valence-corrected chi connectivity index (χ0v) is 19.7. The number of aryl methyl sites for hydroxylation is 1. The molecule has 0 saturated carbocycles. The van der Waals surface area contributed by atoms with Crippen molar-refractivity contribution >= 4 is 33.2 Å². The standard InChI is InChI=1S/C23H28ClN3O4S/c1-2-25-12-14-26(15-13-25)23(28)17-31-22-10-9-19(16-20(22)24)32(29,30)27-11-5-7-18-6-3-4-8-21(18)27/h3-4,6,8-10,16H,2,5,7,11-15,17H2,1H3. The van der Waals surface area contributed by atoms with Crippen LogP contribution in [0.1, 0.15) is 18.9 Å². The van der Waals surface area contributed by atoms with Gasteiger partial charge in [-0.05, 0) is 49.2 Å². The Kier molecular flexibility index (Phi) is 6.93. The van der Waals surface area contributed by atoms with E-state index in [0.29, 0.717) is 31.1 Å². The number of para-hydroxylation sites is 1. The Morgan fingerprint density at radius 1 is 1.06 bits per heavy atom. The number of hydrogen-bond donors (Lipinski definition) is 0. The number of fused-ring (bicyclic) bond motifs is 1. The molecule has 9 heteroatoms. The minimum absolute atomic E-state index is 0.0987. The number of nitrogens with zero attached hydrogens (tertiary/aromatic N) is 3. The van der Waals surface area contributed by atoms with Crippen LogP contribution in [0.5, 0.6) is 5.75 Å². The lowest BCUT2D eigenvalue weighted by molar-refractivity contribution is -0.135. The lowest BCUT2D eigenvalue weighted by Crippen LogP contribution is -2.49. The van der Waals surface area contributed by atoms with Crippen LogP contribution in [0.15, 0.2) is 47.4 Å². The maximum Gasteiger partial charge on any atom is 0.264 e. The van der Waals surface area contributed by atoms with Gasteiger partial charge in [0.15, 0.2) is 6.61 Å². The molecular formula is C23H28ClN3O4S. The van der Waals surface area contributed by atoms with Gasteiger partial charge in [0.05, 0.1) is 15.6 Å². The van der Waals surface area contributed by atoms with E-state index in [1.165, 1.54) is 22.5 Å². The fourth-order valence-corrected chi connectivity index (χ4v) is 6.05. The zero-order chi connectivity index (χ0) is 22.7. The average Bonchev–Trinajstić information content (AvgIpc) is 2.82. The molecule has 2 aromatic rings. The highest BCUT2D eigenvalue weighted by molar-refractivity contribution is 7.92. The Balaban J connectivity index is 1.44. The number of ether oxygens (including phenoxy) is 1. The first-order valence-corrected chi connectivity index (χ1v) is 12.7. The Hall–Kier alpha value is -2.29. The molecule has 32 heavy (non-hydrogen) atoms. The largest absolute Gasteiger partial charge is 0.482 e. The second kappa shape index (κ2) is 9.68. The number of piperazine rings is 1. The van der Waals surface area contributed by atoms with Crippen LogP contribution in [0.3, 0.4) is 0 Å². The van der Waals surface area contributed by atoms with Gasteiger partial charge in [-0.3, -0.25) is 9.10 Å². The number of likely N-dealkylation sites (N-methyl/N-ethyl adjacent to an activating group) is 1. The van der Waals surface area contributed by atoms with Gasteiger partial charge in [-0.25, -0.2) is 8.42 Å². The van der Waals surface area contributed by atoms with Crippen LogP contribution in [-0.2, 0) is 21.2 Å². The van der Waals surface area contributed by atoms with Crippen LogP contribution in [0.4, 0.5) is 5.69 Å². The Morgan fingerprint density at radius 2 is 1.81 bits per heavy atom. The molecular weight excluding hydrogens is 450 g/mol. The van der Waals surface area contributed by atoms with Crippen LogP contribution in [0.2, 0.25) is 5.02 Å². The summed E-state index contributed by atoms with van der Waals surface area (Å²) in [6.45, 7) is 6.45. The summed E-state index contributed by atoms with van der Waals surface area (Å²) in [6, 6.07) is 12.0. The maximum atomic E-state index is 13.3. The van der Waals surface area contributed by atoms with Crippen LogP contribution in [0, 0.1) is 0 Å². The van der Waals surface area contributed by atoms with Gasteiger partial charge in [-0.1, -0.05) is 36.7 Å². The molecule has 0 aromatic heterocycles. The monoisotopic (exact) mass is 477 g/mol. The molecule has 0 spiro atoms. The van der Waals surface area contributed by atoms with Gasteiger partial charge in [0.25, 0.3) is 15.9 Å². The SMILES string of the molecule is CCN1CCN(C(=O)COc2ccc(S(=O)(=O)N3CCCc4ccccc43)cc2Cl)CC1. The molecule has 172 valence electrons. The number of hydrogen-bond acceptors (Lipinski definition) is 5. The molecule has 0 aliphatic carbocycles. The number of carbonyl (C=O) groups excluding carboxylic acids is 1. The average molecular weight is 478 g/mol. The quantitative estimate of drug-likeness (QED) is 0.639. The van der Waals surface area contributed by atoms with Gasteiger partial charge in [-0.2, -0.15) is 0 Å². The number of amides is 1. The van der Waals surface area contributed by atoms with Crippen molar-refractivity contribution in [2.75, 3.05) is 50.2 Å². The molecule has 1 amide bonds. The Labute approximate surface area is 194 Å². The summed E-state index contributed by atoms with van der Waals surface area (Å²) in [5.74, 6) is 0.198. The Bertz CT molecular complexity index is 1080. The van der Waals surface area contributed by atoms with Crippen molar-refractivity contribution in [1.29, 1.82) is 0 Å². The highest BCUT2D eigenvalue weighted by Crippen LogP contribution is 2.34. The molecule has 2 aliphatic heterocycles. The summed E-state index contributed by atoms with van der Waals surface area (Å²) >= 11 is 6.34. The predicted octanol–water partition coefficient (Wildman–Crippen LogP) is 3.02. The van der Waals surface area contributed by atoms with Crippen molar-refractivity contribution in [3.8, 4) is 5.75 Å². The summed E-state index contributed by atoms with van der Waals surface area (Å²) in [5, 5.41) is 0.167. The van der Waals surface area contributed by atoms with E-state index in [0.717, 1.165) is 38.0 Å². The van der Waals surface area contributed by atoms with Crippen molar-refractivity contribution in [2.45, 2.75) is 24.7 Å². The molecule has 2 aromatic carbocycles. The molecule has 1 saturated heterocycles. The normalized spacial score (nSPS) is 17.2. The number of anilines is 1. The molecule has 2 aliphatic rings. The fraction of sp³-hybridized carbons (Fsp3) is 0.435. The number of halogens is 1. The summed E-state index contributed by atoms with van der Waals surface area (Å²) in [4.78, 5) is 16.6. The van der Waals surface area contributed by atoms with Crippen molar-refractivity contribution in [3.05, 3.63) is 53.1 Å². The van der Waals surface area contributed by atoms with Gasteiger partial charge in [0.2, 0.25) is 0 Å². The van der Waals surface area contributed by atoms with Gasteiger partial charge in [0, 0.05) is 32.7 Å². The third-order valence-corrected chi connectivity index (χ3v) is 8.19.